The zero-order valence-electron chi connectivity index (χ0n) is 8.98. The summed E-state index contributed by atoms with van der Waals surface area (Å²) in [6.45, 7) is 1.05. The van der Waals surface area contributed by atoms with Crippen LogP contribution in [0.5, 0.6) is 0 Å². The largest absolute Gasteiger partial charge is 0.335 e. The molecule has 0 aromatic carbocycles. The molecule has 3 aliphatic carbocycles. The molecule has 82 valence electrons. The van der Waals surface area contributed by atoms with Gasteiger partial charge in [-0.3, -0.25) is 0 Å². The second-order valence-electron chi connectivity index (χ2n) is 5.86. The molecule has 15 heavy (non-hydrogen) atoms. The van der Waals surface area contributed by atoms with Crippen molar-refractivity contribution in [2.45, 2.75) is 44.2 Å². The van der Waals surface area contributed by atoms with Crippen molar-refractivity contribution in [1.29, 1.82) is 0 Å². The lowest BCUT2D eigenvalue weighted by molar-refractivity contribution is 0.0122. The van der Waals surface area contributed by atoms with E-state index in [9.17, 15) is 4.79 Å². The van der Waals surface area contributed by atoms with Gasteiger partial charge in [0.15, 0.2) is 0 Å². The Labute approximate surface area is 90.2 Å². The van der Waals surface area contributed by atoms with Gasteiger partial charge < -0.3 is 10.2 Å². The number of hydrogen-bond acceptors (Lipinski definition) is 1. The van der Waals surface area contributed by atoms with Crippen LogP contribution in [0.1, 0.15) is 32.1 Å². The molecule has 4 aliphatic rings. The van der Waals surface area contributed by atoms with Crippen LogP contribution >= 0.6 is 0 Å². The maximum absolute atomic E-state index is 11.9. The highest BCUT2D eigenvalue weighted by Crippen LogP contribution is 2.55. The minimum Gasteiger partial charge on any atom is -0.335 e. The van der Waals surface area contributed by atoms with Crippen LogP contribution in [0.15, 0.2) is 0 Å². The van der Waals surface area contributed by atoms with Gasteiger partial charge >= 0.3 is 6.03 Å². The number of nitrogens with one attached hydrogen (secondary N) is 1. The summed E-state index contributed by atoms with van der Waals surface area (Å²) in [6, 6.07) is 1.36. The van der Waals surface area contributed by atoms with E-state index in [-0.39, 0.29) is 6.03 Å². The predicted octanol–water partition coefficient (Wildman–Crippen LogP) is 1.59. The maximum atomic E-state index is 11.9. The lowest BCUT2D eigenvalue weighted by atomic mass is 9.77. The Kier molecular flexibility index (Phi) is 1.51. The van der Waals surface area contributed by atoms with Crippen LogP contribution in [-0.4, -0.2) is 29.6 Å². The number of nitrogens with zero attached hydrogens (tertiary/aromatic N) is 1. The SMILES string of the molecule is O=C(NC1CC1)N1C[C@H]2[C@H]3CC[C@@H](C3)[C@@H]21. The van der Waals surface area contributed by atoms with Crippen molar-refractivity contribution < 1.29 is 4.79 Å². The number of rotatable bonds is 1. The summed E-state index contributed by atoms with van der Waals surface area (Å²) in [5.41, 5.74) is 0. The van der Waals surface area contributed by atoms with E-state index in [2.05, 4.69) is 10.2 Å². The van der Waals surface area contributed by atoms with Gasteiger partial charge in [-0.1, -0.05) is 0 Å². The second-order valence-corrected chi connectivity index (χ2v) is 5.86. The lowest BCUT2D eigenvalue weighted by Crippen LogP contribution is -2.63. The van der Waals surface area contributed by atoms with Crippen LogP contribution < -0.4 is 5.32 Å². The predicted molar refractivity (Wildman–Crippen MR) is 56.4 cm³/mol. The van der Waals surface area contributed by atoms with Crippen molar-refractivity contribution in [1.82, 2.24) is 10.2 Å². The van der Waals surface area contributed by atoms with Crippen LogP contribution in [0.2, 0.25) is 0 Å². The number of carbonyl (C=O) groups is 1. The second kappa shape index (κ2) is 2.69. The highest BCUT2D eigenvalue weighted by atomic mass is 16.2. The van der Waals surface area contributed by atoms with Gasteiger partial charge in [0.05, 0.1) is 0 Å². The summed E-state index contributed by atoms with van der Waals surface area (Å²) in [5, 5.41) is 3.11. The van der Waals surface area contributed by atoms with Gasteiger partial charge in [0, 0.05) is 24.5 Å². The number of amides is 2. The fourth-order valence-electron chi connectivity index (χ4n) is 4.04. The van der Waals surface area contributed by atoms with E-state index in [0.717, 1.165) is 24.3 Å². The van der Waals surface area contributed by atoms with Crippen LogP contribution in [0.3, 0.4) is 0 Å². The van der Waals surface area contributed by atoms with Crippen molar-refractivity contribution in [2.75, 3.05) is 6.54 Å². The van der Waals surface area contributed by atoms with E-state index >= 15 is 0 Å². The lowest BCUT2D eigenvalue weighted by Gasteiger charge is -2.50. The highest BCUT2D eigenvalue weighted by Gasteiger charge is 2.57. The molecule has 2 amide bonds. The first kappa shape index (κ1) is 8.43. The third kappa shape index (κ3) is 1.09. The third-order valence-electron chi connectivity index (χ3n) is 4.97. The molecule has 1 saturated heterocycles. The molecule has 0 aromatic heterocycles. The molecule has 4 atom stereocenters. The minimum atomic E-state index is 0.228. The Morgan fingerprint density at radius 3 is 2.67 bits per heavy atom. The van der Waals surface area contributed by atoms with E-state index in [0.29, 0.717) is 12.1 Å². The van der Waals surface area contributed by atoms with E-state index in [1.165, 1.54) is 32.1 Å². The van der Waals surface area contributed by atoms with Gasteiger partial charge in [0.2, 0.25) is 0 Å². The molecule has 0 aromatic rings. The molecule has 3 saturated carbocycles. The molecule has 0 radical (unpaired) electrons. The molecule has 4 rings (SSSR count). The Hall–Kier alpha value is -0.730. The normalized spacial score (nSPS) is 46.3. The van der Waals surface area contributed by atoms with Crippen molar-refractivity contribution >= 4 is 6.03 Å². The zero-order chi connectivity index (χ0) is 9.99. The van der Waals surface area contributed by atoms with Crippen molar-refractivity contribution in [2.24, 2.45) is 17.8 Å². The monoisotopic (exact) mass is 206 g/mol. The molecule has 1 N–H and O–H groups in total. The first-order valence-corrected chi connectivity index (χ1v) is 6.40. The van der Waals surface area contributed by atoms with Crippen molar-refractivity contribution in [3.8, 4) is 0 Å². The molecule has 1 aliphatic heterocycles. The minimum absolute atomic E-state index is 0.228. The standard InChI is InChI=1S/C12H18N2O/c15-12(13-9-3-4-9)14-6-10-7-1-2-8(5-7)11(10)14/h7-11H,1-6H2,(H,13,15)/t7-,8-,10-,11-/m0/s1. The average Bonchev–Trinajstić information content (AvgIpc) is 2.77. The smallest absolute Gasteiger partial charge is 0.317 e. The van der Waals surface area contributed by atoms with Crippen molar-refractivity contribution in [3.05, 3.63) is 0 Å². The quantitative estimate of drug-likeness (QED) is 0.694. The topological polar surface area (TPSA) is 32.3 Å². The zero-order valence-corrected chi connectivity index (χ0v) is 8.98. The van der Waals surface area contributed by atoms with Crippen LogP contribution in [0.25, 0.3) is 0 Å². The molecule has 0 unspecified atom stereocenters. The summed E-state index contributed by atoms with van der Waals surface area (Å²) in [6.07, 6.45) is 6.60. The summed E-state index contributed by atoms with van der Waals surface area (Å²) in [5.74, 6) is 2.68. The van der Waals surface area contributed by atoms with Gasteiger partial charge in [-0.15, -0.1) is 0 Å². The van der Waals surface area contributed by atoms with Gasteiger partial charge in [0.25, 0.3) is 0 Å². The number of carbonyl (C=O) groups excluding carboxylic acids is 1. The van der Waals surface area contributed by atoms with Crippen LogP contribution in [0.4, 0.5) is 4.79 Å². The van der Waals surface area contributed by atoms with E-state index < -0.39 is 0 Å². The highest BCUT2D eigenvalue weighted by molar-refractivity contribution is 5.76. The number of likely N-dealkylation sites (tertiary alicyclic amines) is 1. The fraction of sp³-hybridized carbons (Fsp3) is 0.917. The van der Waals surface area contributed by atoms with E-state index in [1.807, 2.05) is 0 Å². The molecular formula is C12H18N2O. The van der Waals surface area contributed by atoms with Crippen LogP contribution in [-0.2, 0) is 0 Å². The maximum Gasteiger partial charge on any atom is 0.317 e. The van der Waals surface area contributed by atoms with E-state index in [4.69, 9.17) is 0 Å². The number of fused-ring (bicyclic) bond motifs is 5. The van der Waals surface area contributed by atoms with Gasteiger partial charge in [0.1, 0.15) is 0 Å². The Balaban J connectivity index is 1.45. The van der Waals surface area contributed by atoms with Gasteiger partial charge in [-0.05, 0) is 43.9 Å². The first-order chi connectivity index (χ1) is 7.33. The Morgan fingerprint density at radius 1 is 1.13 bits per heavy atom. The Morgan fingerprint density at radius 2 is 1.93 bits per heavy atom. The first-order valence-electron chi connectivity index (χ1n) is 6.40. The Bertz CT molecular complexity index is 311. The summed E-state index contributed by atoms with van der Waals surface area (Å²) in [7, 11) is 0. The van der Waals surface area contributed by atoms with Gasteiger partial charge in [-0.2, -0.15) is 0 Å². The molecule has 2 bridgehead atoms. The third-order valence-corrected chi connectivity index (χ3v) is 4.97. The fourth-order valence-corrected chi connectivity index (χ4v) is 4.04. The summed E-state index contributed by atoms with van der Waals surface area (Å²) < 4.78 is 0. The number of urea groups is 1. The molecule has 3 nitrogen and oxygen atoms in total. The van der Waals surface area contributed by atoms with Crippen LogP contribution in [0, 0.1) is 17.8 Å². The van der Waals surface area contributed by atoms with E-state index in [1.54, 1.807) is 0 Å². The summed E-state index contributed by atoms with van der Waals surface area (Å²) in [4.78, 5) is 14.0. The molecule has 0 spiro atoms. The molecule has 1 heterocycles. The molecule has 4 fully saturated rings. The number of hydrogen-bond donors (Lipinski definition) is 1. The van der Waals surface area contributed by atoms with Gasteiger partial charge in [-0.25, -0.2) is 4.79 Å². The molecular weight excluding hydrogens is 188 g/mol. The average molecular weight is 206 g/mol. The molecule has 3 heteroatoms. The van der Waals surface area contributed by atoms with Crippen molar-refractivity contribution in [3.63, 3.8) is 0 Å². The summed E-state index contributed by atoms with van der Waals surface area (Å²) >= 11 is 0.